The molecule has 0 aliphatic heterocycles. The first kappa shape index (κ1) is 21.7. The molecule has 0 bridgehead atoms. The van der Waals surface area contributed by atoms with Gasteiger partial charge in [-0.3, -0.25) is 9.59 Å². The Morgan fingerprint density at radius 1 is 1.07 bits per heavy atom. The number of pyridine rings is 1. The Kier molecular flexibility index (Phi) is 6.66. The molecule has 0 unspecified atom stereocenters. The number of hydrogen-bond acceptors (Lipinski definition) is 4. The summed E-state index contributed by atoms with van der Waals surface area (Å²) in [6, 6.07) is 1.56. The van der Waals surface area contributed by atoms with E-state index >= 15 is 0 Å². The number of aromatic nitrogens is 1. The molecule has 30 heavy (non-hydrogen) atoms. The number of amides is 2. The molecule has 1 aromatic carbocycles. The fourth-order valence-corrected chi connectivity index (χ4v) is 3.56. The summed E-state index contributed by atoms with van der Waals surface area (Å²) in [6.45, 7) is -0.647. The number of rotatable bonds is 5. The Balaban J connectivity index is 1.77. The van der Waals surface area contributed by atoms with Crippen LogP contribution in [0.2, 0.25) is 0 Å². The summed E-state index contributed by atoms with van der Waals surface area (Å²) in [5.74, 6) is -6.33. The van der Waals surface area contributed by atoms with E-state index in [1.165, 1.54) is 0 Å². The van der Waals surface area contributed by atoms with Crippen molar-refractivity contribution >= 4 is 17.6 Å². The molecule has 0 spiro atoms. The topological polar surface area (TPSA) is 91.3 Å². The van der Waals surface area contributed by atoms with Crippen molar-refractivity contribution in [2.45, 2.75) is 31.7 Å². The first-order chi connectivity index (χ1) is 14.3. The van der Waals surface area contributed by atoms with Crippen molar-refractivity contribution in [1.82, 2.24) is 10.3 Å². The second-order valence-electron chi connectivity index (χ2n) is 7.07. The van der Waals surface area contributed by atoms with Gasteiger partial charge in [-0.05, 0) is 25.3 Å². The number of halogens is 4. The molecule has 1 aliphatic carbocycles. The number of aliphatic hydroxyl groups is 1. The van der Waals surface area contributed by atoms with Gasteiger partial charge >= 0.3 is 0 Å². The lowest BCUT2D eigenvalue weighted by atomic mass is 9.85. The highest BCUT2D eigenvalue weighted by molar-refractivity contribution is 5.92. The molecule has 10 heteroatoms. The summed E-state index contributed by atoms with van der Waals surface area (Å²) in [6.07, 6.45) is 2.93. The molecule has 1 aromatic heterocycles. The average molecular weight is 425 g/mol. The lowest BCUT2D eigenvalue weighted by Crippen LogP contribution is -2.42. The lowest BCUT2D eigenvalue weighted by molar-refractivity contribution is -0.126. The van der Waals surface area contributed by atoms with Gasteiger partial charge in [0.05, 0.1) is 11.8 Å². The second kappa shape index (κ2) is 9.21. The fraction of sp³-hybridized carbons (Fsp3) is 0.350. The predicted octanol–water partition coefficient (Wildman–Crippen LogP) is 2.91. The molecular formula is C20H19F4N3O3. The van der Waals surface area contributed by atoms with E-state index in [2.05, 4.69) is 15.6 Å². The molecule has 3 N–H and O–H groups in total. The van der Waals surface area contributed by atoms with E-state index in [0.29, 0.717) is 44.0 Å². The predicted molar refractivity (Wildman–Crippen MR) is 99.1 cm³/mol. The molecule has 2 atom stereocenters. The maximum Gasteiger partial charge on any atom is 0.245 e. The van der Waals surface area contributed by atoms with Crippen molar-refractivity contribution in [2.75, 3.05) is 11.9 Å². The van der Waals surface area contributed by atoms with Crippen molar-refractivity contribution in [3.63, 3.8) is 0 Å². The van der Waals surface area contributed by atoms with Gasteiger partial charge in [0.1, 0.15) is 35.7 Å². The fourth-order valence-electron chi connectivity index (χ4n) is 3.56. The van der Waals surface area contributed by atoms with Crippen LogP contribution in [0.1, 0.15) is 25.7 Å². The van der Waals surface area contributed by atoms with Gasteiger partial charge in [-0.25, -0.2) is 22.5 Å². The minimum atomic E-state index is -1.29. The van der Waals surface area contributed by atoms with E-state index in [-0.39, 0.29) is 11.9 Å². The van der Waals surface area contributed by atoms with Crippen molar-refractivity contribution in [3.8, 4) is 11.1 Å². The number of nitrogens with zero attached hydrogens (tertiary/aromatic N) is 1. The van der Waals surface area contributed by atoms with Crippen LogP contribution in [0.15, 0.2) is 24.4 Å². The summed E-state index contributed by atoms with van der Waals surface area (Å²) < 4.78 is 55.3. The van der Waals surface area contributed by atoms with Crippen LogP contribution >= 0.6 is 0 Å². The van der Waals surface area contributed by atoms with Crippen molar-refractivity contribution in [2.24, 2.45) is 5.92 Å². The third kappa shape index (κ3) is 4.93. The van der Waals surface area contributed by atoms with E-state index in [1.54, 1.807) is 0 Å². The summed E-state index contributed by atoms with van der Waals surface area (Å²) in [4.78, 5) is 27.6. The van der Waals surface area contributed by atoms with Gasteiger partial charge < -0.3 is 15.7 Å². The first-order valence-electron chi connectivity index (χ1n) is 9.30. The first-order valence-corrected chi connectivity index (χ1v) is 9.30. The van der Waals surface area contributed by atoms with Crippen LogP contribution in [0.5, 0.6) is 0 Å². The number of anilines is 1. The molecule has 160 valence electrons. The molecule has 0 radical (unpaired) electrons. The monoisotopic (exact) mass is 425 g/mol. The van der Waals surface area contributed by atoms with Crippen LogP contribution < -0.4 is 10.6 Å². The standard InChI is InChI=1S/C20H19F4N3O3/c21-11-5-14(22)19(15(23)6-11)13-7-17(25-8-16(13)24)27-20(30)10-2-1-3-12(4-10)26-18(29)9-28/h5-8,10,12,28H,1-4,9H2,(H,26,29)(H,25,27,30)/t10-,12+/m0/s1. The highest BCUT2D eigenvalue weighted by Gasteiger charge is 2.28. The highest BCUT2D eigenvalue weighted by Crippen LogP contribution is 2.31. The smallest absolute Gasteiger partial charge is 0.245 e. The highest BCUT2D eigenvalue weighted by atomic mass is 19.1. The lowest BCUT2D eigenvalue weighted by Gasteiger charge is -2.28. The van der Waals surface area contributed by atoms with Crippen LogP contribution in [0.3, 0.4) is 0 Å². The van der Waals surface area contributed by atoms with Crippen LogP contribution in [0.4, 0.5) is 23.4 Å². The Labute approximate surface area is 169 Å². The van der Waals surface area contributed by atoms with Crippen LogP contribution in [0, 0.1) is 29.2 Å². The number of nitrogens with one attached hydrogen (secondary N) is 2. The van der Waals surface area contributed by atoms with Crippen LogP contribution in [-0.2, 0) is 9.59 Å². The van der Waals surface area contributed by atoms with Crippen LogP contribution in [-0.4, -0.2) is 34.6 Å². The Bertz CT molecular complexity index is 947. The van der Waals surface area contributed by atoms with Crippen molar-refractivity contribution < 1.29 is 32.3 Å². The normalized spacial score (nSPS) is 18.7. The van der Waals surface area contributed by atoms with E-state index < -0.39 is 58.7 Å². The number of benzene rings is 1. The van der Waals surface area contributed by atoms with Gasteiger partial charge in [-0.2, -0.15) is 0 Å². The summed E-state index contributed by atoms with van der Waals surface area (Å²) >= 11 is 0. The molecular weight excluding hydrogens is 406 g/mol. The van der Waals surface area contributed by atoms with Gasteiger partial charge in [0.25, 0.3) is 0 Å². The number of carbonyl (C=O) groups is 2. The van der Waals surface area contributed by atoms with Gasteiger partial charge in [-0.1, -0.05) is 6.42 Å². The quantitative estimate of drug-likeness (QED) is 0.643. The molecule has 1 heterocycles. The molecule has 6 nitrogen and oxygen atoms in total. The van der Waals surface area contributed by atoms with Gasteiger partial charge in [0.15, 0.2) is 0 Å². The maximum absolute atomic E-state index is 14.2. The number of hydrogen-bond donors (Lipinski definition) is 3. The molecule has 2 aromatic rings. The second-order valence-corrected chi connectivity index (χ2v) is 7.07. The Morgan fingerprint density at radius 3 is 2.43 bits per heavy atom. The minimum Gasteiger partial charge on any atom is -0.387 e. The van der Waals surface area contributed by atoms with Gasteiger partial charge in [-0.15, -0.1) is 0 Å². The van der Waals surface area contributed by atoms with Crippen molar-refractivity contribution in [1.29, 1.82) is 0 Å². The molecule has 1 aliphatic rings. The number of carbonyl (C=O) groups excluding carboxylic acids is 2. The van der Waals surface area contributed by atoms with E-state index in [0.717, 1.165) is 6.07 Å². The number of aliphatic hydroxyl groups excluding tert-OH is 1. The molecule has 1 saturated carbocycles. The third-order valence-corrected chi connectivity index (χ3v) is 4.94. The van der Waals surface area contributed by atoms with E-state index in [9.17, 15) is 27.2 Å². The zero-order chi connectivity index (χ0) is 21.8. The summed E-state index contributed by atoms with van der Waals surface area (Å²) in [5, 5.41) is 13.9. The average Bonchev–Trinajstić information content (AvgIpc) is 2.69. The van der Waals surface area contributed by atoms with E-state index in [4.69, 9.17) is 5.11 Å². The van der Waals surface area contributed by atoms with E-state index in [1.807, 2.05) is 0 Å². The third-order valence-electron chi connectivity index (χ3n) is 4.94. The molecule has 0 saturated heterocycles. The Hall–Kier alpha value is -3.01. The van der Waals surface area contributed by atoms with Crippen LogP contribution in [0.25, 0.3) is 11.1 Å². The SMILES string of the molecule is O=C(CO)N[C@@H]1CCC[C@H](C(=O)Nc2cc(-c3c(F)cc(F)cc3F)c(F)cn2)C1. The largest absolute Gasteiger partial charge is 0.387 e. The van der Waals surface area contributed by atoms with Crippen molar-refractivity contribution in [3.05, 3.63) is 47.7 Å². The molecule has 3 rings (SSSR count). The summed E-state index contributed by atoms with van der Waals surface area (Å²) in [5.41, 5.74) is -1.27. The van der Waals surface area contributed by atoms with Gasteiger partial charge in [0.2, 0.25) is 11.8 Å². The molecule has 2 amide bonds. The zero-order valence-corrected chi connectivity index (χ0v) is 15.7. The Morgan fingerprint density at radius 2 is 1.77 bits per heavy atom. The molecule has 1 fully saturated rings. The summed E-state index contributed by atoms with van der Waals surface area (Å²) in [7, 11) is 0. The zero-order valence-electron chi connectivity index (χ0n) is 15.7. The maximum atomic E-state index is 14.2. The minimum absolute atomic E-state index is 0.124. The van der Waals surface area contributed by atoms with Gasteiger partial charge in [0, 0.05) is 29.7 Å².